The summed E-state index contributed by atoms with van der Waals surface area (Å²) in [6, 6.07) is 2.90. The SMILES string of the molecule is NC(Cc1ccc(O)cc1)C(=O)N1CCCC1C(=O)NC(CS)C(=O)N1CCCC1C(=O)O. The molecule has 4 unspecified atom stereocenters. The number of rotatable bonds is 8. The molecule has 5 N–H and O–H groups in total. The lowest BCUT2D eigenvalue weighted by Gasteiger charge is -2.30. The van der Waals surface area contributed by atoms with Crippen molar-refractivity contribution in [3.05, 3.63) is 29.8 Å². The first kappa shape index (κ1) is 24.8. The van der Waals surface area contributed by atoms with Crippen LogP contribution < -0.4 is 11.1 Å². The summed E-state index contributed by atoms with van der Waals surface area (Å²) in [5.41, 5.74) is 6.90. The van der Waals surface area contributed by atoms with Gasteiger partial charge in [-0.1, -0.05) is 12.1 Å². The van der Waals surface area contributed by atoms with E-state index < -0.39 is 42.0 Å². The Hall–Kier alpha value is -2.79. The predicted molar refractivity (Wildman–Crippen MR) is 123 cm³/mol. The summed E-state index contributed by atoms with van der Waals surface area (Å²) < 4.78 is 0. The van der Waals surface area contributed by atoms with Crippen LogP contribution in [0.4, 0.5) is 0 Å². The van der Waals surface area contributed by atoms with Gasteiger partial charge in [0, 0.05) is 18.8 Å². The molecule has 1 aromatic carbocycles. The zero-order valence-corrected chi connectivity index (χ0v) is 19.1. The number of nitrogens with two attached hydrogens (primary N) is 1. The number of carbonyl (C=O) groups is 4. The van der Waals surface area contributed by atoms with E-state index in [2.05, 4.69) is 17.9 Å². The Morgan fingerprint density at radius 3 is 2.18 bits per heavy atom. The largest absolute Gasteiger partial charge is 0.508 e. The van der Waals surface area contributed by atoms with Gasteiger partial charge in [0.1, 0.15) is 23.9 Å². The molecule has 0 radical (unpaired) electrons. The number of nitrogens with one attached hydrogen (secondary N) is 1. The smallest absolute Gasteiger partial charge is 0.326 e. The molecule has 3 amide bonds. The van der Waals surface area contributed by atoms with Crippen LogP contribution in [0.5, 0.6) is 5.75 Å². The van der Waals surface area contributed by atoms with Crippen molar-refractivity contribution in [1.82, 2.24) is 15.1 Å². The Balaban J connectivity index is 1.63. The average molecular weight is 479 g/mol. The average Bonchev–Trinajstić information content (AvgIpc) is 3.47. The van der Waals surface area contributed by atoms with Crippen molar-refractivity contribution in [2.75, 3.05) is 18.8 Å². The van der Waals surface area contributed by atoms with Gasteiger partial charge in [-0.3, -0.25) is 14.4 Å². The minimum absolute atomic E-state index is 0.00838. The van der Waals surface area contributed by atoms with Crippen molar-refractivity contribution in [1.29, 1.82) is 0 Å². The second-order valence-corrected chi connectivity index (χ2v) is 8.80. The van der Waals surface area contributed by atoms with E-state index in [1.54, 1.807) is 12.1 Å². The number of hydrogen-bond acceptors (Lipinski definition) is 7. The van der Waals surface area contributed by atoms with Crippen LogP contribution >= 0.6 is 12.6 Å². The summed E-state index contributed by atoms with van der Waals surface area (Å²) in [7, 11) is 0. The number of benzene rings is 1. The molecule has 180 valence electrons. The van der Waals surface area contributed by atoms with E-state index >= 15 is 0 Å². The third kappa shape index (κ3) is 5.77. The minimum atomic E-state index is -1.07. The van der Waals surface area contributed by atoms with Gasteiger partial charge >= 0.3 is 5.97 Å². The number of aliphatic carboxylic acids is 1. The molecule has 3 rings (SSSR count). The molecule has 4 atom stereocenters. The minimum Gasteiger partial charge on any atom is -0.508 e. The second-order valence-electron chi connectivity index (χ2n) is 8.44. The van der Waals surface area contributed by atoms with Gasteiger partial charge in [0.05, 0.1) is 6.04 Å². The van der Waals surface area contributed by atoms with Crippen LogP contribution in [0, 0.1) is 0 Å². The summed E-state index contributed by atoms with van der Waals surface area (Å²) in [5, 5.41) is 21.4. The van der Waals surface area contributed by atoms with Gasteiger partial charge < -0.3 is 31.1 Å². The number of phenolic OH excluding ortho intramolecular Hbond substituents is 1. The first-order valence-corrected chi connectivity index (χ1v) is 11.6. The molecule has 2 aliphatic heterocycles. The van der Waals surface area contributed by atoms with E-state index in [-0.39, 0.29) is 23.8 Å². The maximum Gasteiger partial charge on any atom is 0.326 e. The first-order valence-electron chi connectivity index (χ1n) is 11.0. The van der Waals surface area contributed by atoms with Crippen LogP contribution in [0.15, 0.2) is 24.3 Å². The number of hydrogen-bond donors (Lipinski definition) is 5. The number of amides is 3. The standard InChI is InChI=1S/C22H30N4O6S/c23-15(11-13-5-7-14(27)8-6-13)20(29)25-9-1-3-17(25)19(28)24-16(12-33)21(30)26-10-2-4-18(26)22(31)32/h5-8,15-18,27,33H,1-4,9-12,23H2,(H,24,28)(H,31,32). The lowest BCUT2D eigenvalue weighted by molar-refractivity contribution is -0.149. The number of carboxylic acid groups (broad SMARTS) is 1. The van der Waals surface area contributed by atoms with Crippen molar-refractivity contribution in [3.8, 4) is 5.75 Å². The molecule has 10 nitrogen and oxygen atoms in total. The van der Waals surface area contributed by atoms with Gasteiger partial charge in [-0.2, -0.15) is 12.6 Å². The van der Waals surface area contributed by atoms with Crippen molar-refractivity contribution in [2.45, 2.75) is 56.3 Å². The topological polar surface area (TPSA) is 153 Å². The molecule has 0 bridgehead atoms. The molecule has 2 fully saturated rings. The lowest BCUT2D eigenvalue weighted by Crippen LogP contribution is -2.57. The molecule has 0 aromatic heterocycles. The quantitative estimate of drug-likeness (QED) is 0.323. The Morgan fingerprint density at radius 1 is 1.03 bits per heavy atom. The van der Waals surface area contributed by atoms with Gasteiger partial charge in [0.2, 0.25) is 17.7 Å². The highest BCUT2D eigenvalue weighted by atomic mass is 32.1. The third-order valence-electron chi connectivity index (χ3n) is 6.17. The van der Waals surface area contributed by atoms with E-state index in [1.807, 2.05) is 0 Å². The lowest BCUT2D eigenvalue weighted by atomic mass is 10.0. The zero-order chi connectivity index (χ0) is 24.1. The predicted octanol–water partition coefficient (Wildman–Crippen LogP) is -0.257. The summed E-state index contributed by atoms with van der Waals surface area (Å²) in [6.07, 6.45) is 2.28. The van der Waals surface area contributed by atoms with E-state index in [4.69, 9.17) is 5.73 Å². The van der Waals surface area contributed by atoms with Crippen LogP contribution in [0.2, 0.25) is 0 Å². The Labute approximate surface area is 197 Å². The zero-order valence-electron chi connectivity index (χ0n) is 18.2. The molecule has 11 heteroatoms. The highest BCUT2D eigenvalue weighted by molar-refractivity contribution is 7.80. The van der Waals surface area contributed by atoms with Gasteiger partial charge in [-0.05, 0) is 49.8 Å². The number of nitrogens with zero attached hydrogens (tertiary/aromatic N) is 2. The highest BCUT2D eigenvalue weighted by Crippen LogP contribution is 2.22. The molecule has 1 aromatic rings. The molecular weight excluding hydrogens is 448 g/mol. The molecule has 0 aliphatic carbocycles. The number of thiol groups is 1. The molecule has 0 saturated carbocycles. The van der Waals surface area contributed by atoms with E-state index in [0.717, 1.165) is 5.56 Å². The Morgan fingerprint density at radius 2 is 1.61 bits per heavy atom. The van der Waals surface area contributed by atoms with E-state index in [9.17, 15) is 29.4 Å². The summed E-state index contributed by atoms with van der Waals surface area (Å²) in [5.74, 6) is -2.26. The molecule has 2 aliphatic rings. The Kier molecular flexibility index (Phi) is 8.20. The monoisotopic (exact) mass is 478 g/mol. The van der Waals surface area contributed by atoms with Crippen LogP contribution in [-0.4, -0.2) is 86.7 Å². The molecular formula is C22H30N4O6S. The maximum atomic E-state index is 13.0. The molecule has 33 heavy (non-hydrogen) atoms. The normalized spacial score (nSPS) is 22.1. The van der Waals surface area contributed by atoms with Crippen LogP contribution in [0.25, 0.3) is 0 Å². The molecule has 2 heterocycles. The van der Waals surface area contributed by atoms with Gasteiger partial charge in [-0.15, -0.1) is 0 Å². The third-order valence-corrected chi connectivity index (χ3v) is 6.53. The number of carboxylic acids is 1. The maximum absolute atomic E-state index is 13.0. The summed E-state index contributed by atoms with van der Waals surface area (Å²) in [4.78, 5) is 53.0. The van der Waals surface area contributed by atoms with Crippen molar-refractivity contribution in [2.24, 2.45) is 5.73 Å². The number of aromatic hydroxyl groups is 1. The molecule has 0 spiro atoms. The van der Waals surface area contributed by atoms with E-state index in [1.165, 1.54) is 21.9 Å². The van der Waals surface area contributed by atoms with Gasteiger partial charge in [0.15, 0.2) is 0 Å². The van der Waals surface area contributed by atoms with Crippen LogP contribution in [0.3, 0.4) is 0 Å². The van der Waals surface area contributed by atoms with Gasteiger partial charge in [-0.25, -0.2) is 4.79 Å². The fraction of sp³-hybridized carbons (Fsp3) is 0.545. The number of carbonyl (C=O) groups excluding carboxylic acids is 3. The highest BCUT2D eigenvalue weighted by Gasteiger charge is 2.40. The fourth-order valence-corrected chi connectivity index (χ4v) is 4.68. The fourth-order valence-electron chi connectivity index (χ4n) is 4.43. The number of likely N-dealkylation sites (tertiary alicyclic amines) is 2. The van der Waals surface area contributed by atoms with Crippen molar-refractivity contribution < 1.29 is 29.4 Å². The summed E-state index contributed by atoms with van der Waals surface area (Å²) in [6.45, 7) is 0.697. The van der Waals surface area contributed by atoms with Crippen LogP contribution in [-0.2, 0) is 25.6 Å². The van der Waals surface area contributed by atoms with Crippen molar-refractivity contribution in [3.63, 3.8) is 0 Å². The Bertz CT molecular complexity index is 895. The van der Waals surface area contributed by atoms with Crippen molar-refractivity contribution >= 4 is 36.3 Å². The van der Waals surface area contributed by atoms with E-state index in [0.29, 0.717) is 38.8 Å². The summed E-state index contributed by atoms with van der Waals surface area (Å²) >= 11 is 4.18. The number of phenols is 1. The first-order chi connectivity index (χ1) is 15.7. The van der Waals surface area contributed by atoms with Gasteiger partial charge in [0.25, 0.3) is 0 Å². The van der Waals surface area contributed by atoms with Crippen LogP contribution in [0.1, 0.15) is 31.2 Å². The second kappa shape index (κ2) is 10.9. The molecule has 2 saturated heterocycles.